The smallest absolute Gasteiger partial charge is 0.138 e. The van der Waals surface area contributed by atoms with Gasteiger partial charge in [-0.15, -0.1) is 0 Å². The molecule has 4 rings (SSSR count). The predicted octanol–water partition coefficient (Wildman–Crippen LogP) is 6.48. The van der Waals surface area contributed by atoms with Crippen LogP contribution in [-0.4, -0.2) is 27.7 Å². The SMILES string of the molecule is C=C(C)C=CCC(C)(O)C1CCC2(C)C1C(O)CC1C3(C)CCC(=O)C(C)(C)C3CCC12C. The normalized spacial score (nSPS) is 48.6. The van der Waals surface area contributed by atoms with E-state index in [0.29, 0.717) is 30.5 Å². The average molecular weight is 457 g/mol. The molecule has 4 aliphatic rings. The maximum absolute atomic E-state index is 12.9. The van der Waals surface area contributed by atoms with Gasteiger partial charge in [-0.05, 0) is 98.7 Å². The van der Waals surface area contributed by atoms with Crippen LogP contribution in [0.4, 0.5) is 0 Å². The highest BCUT2D eigenvalue weighted by Gasteiger charge is 2.71. The molecule has 3 heteroatoms. The van der Waals surface area contributed by atoms with E-state index in [0.717, 1.165) is 44.1 Å². The van der Waals surface area contributed by atoms with Gasteiger partial charge in [0.1, 0.15) is 5.78 Å². The summed E-state index contributed by atoms with van der Waals surface area (Å²) in [4.78, 5) is 12.9. The lowest BCUT2D eigenvalue weighted by Gasteiger charge is -2.69. The first-order valence-corrected chi connectivity index (χ1v) is 13.4. The summed E-state index contributed by atoms with van der Waals surface area (Å²) in [5, 5.41) is 23.3. The largest absolute Gasteiger partial charge is 0.393 e. The molecule has 0 amide bonds. The van der Waals surface area contributed by atoms with E-state index in [1.807, 2.05) is 26.0 Å². The monoisotopic (exact) mass is 456 g/mol. The van der Waals surface area contributed by atoms with E-state index >= 15 is 0 Å². The Morgan fingerprint density at radius 3 is 2.36 bits per heavy atom. The van der Waals surface area contributed by atoms with Gasteiger partial charge in [0.05, 0.1) is 11.7 Å². The van der Waals surface area contributed by atoms with Crippen LogP contribution in [0.25, 0.3) is 0 Å². The van der Waals surface area contributed by atoms with Gasteiger partial charge in [-0.25, -0.2) is 0 Å². The first-order chi connectivity index (χ1) is 15.1. The number of aliphatic hydroxyl groups excluding tert-OH is 1. The summed E-state index contributed by atoms with van der Waals surface area (Å²) >= 11 is 0. The molecule has 0 aromatic rings. The Balaban J connectivity index is 1.68. The molecule has 0 spiro atoms. The van der Waals surface area contributed by atoms with E-state index in [9.17, 15) is 15.0 Å². The molecule has 4 saturated carbocycles. The zero-order valence-electron chi connectivity index (χ0n) is 22.2. The third kappa shape index (κ3) is 3.46. The number of ketones is 1. The van der Waals surface area contributed by atoms with Gasteiger partial charge in [-0.1, -0.05) is 58.9 Å². The van der Waals surface area contributed by atoms with Crippen LogP contribution in [0.15, 0.2) is 24.3 Å². The number of carbonyl (C=O) groups excluding carboxylic acids is 1. The average Bonchev–Trinajstić information content (AvgIpc) is 3.08. The van der Waals surface area contributed by atoms with Crippen LogP contribution in [0.1, 0.15) is 99.8 Å². The zero-order chi connectivity index (χ0) is 24.6. The molecule has 0 aromatic carbocycles. The minimum absolute atomic E-state index is 0.00162. The van der Waals surface area contributed by atoms with E-state index in [1.165, 1.54) is 0 Å². The van der Waals surface area contributed by atoms with Gasteiger partial charge in [0.2, 0.25) is 0 Å². The molecule has 0 radical (unpaired) electrons. The van der Waals surface area contributed by atoms with Crippen molar-refractivity contribution in [2.75, 3.05) is 0 Å². The Labute approximate surface area is 202 Å². The molecule has 4 aliphatic carbocycles. The van der Waals surface area contributed by atoms with Crippen LogP contribution in [0.2, 0.25) is 0 Å². The maximum atomic E-state index is 12.9. The number of Topliss-reactive ketones (excluding diaryl/α,β-unsaturated/α-hetero) is 1. The summed E-state index contributed by atoms with van der Waals surface area (Å²) in [7, 11) is 0. The van der Waals surface area contributed by atoms with Gasteiger partial charge in [0.25, 0.3) is 0 Å². The van der Waals surface area contributed by atoms with Gasteiger partial charge in [0, 0.05) is 11.8 Å². The maximum Gasteiger partial charge on any atom is 0.138 e. The van der Waals surface area contributed by atoms with E-state index in [1.54, 1.807) is 0 Å². The molecule has 4 fully saturated rings. The van der Waals surface area contributed by atoms with Crippen LogP contribution in [0.5, 0.6) is 0 Å². The van der Waals surface area contributed by atoms with Crippen LogP contribution < -0.4 is 0 Å². The molecule has 0 saturated heterocycles. The molecule has 186 valence electrons. The van der Waals surface area contributed by atoms with Crippen molar-refractivity contribution in [3.05, 3.63) is 24.3 Å². The van der Waals surface area contributed by atoms with Crippen molar-refractivity contribution in [3.8, 4) is 0 Å². The van der Waals surface area contributed by atoms with Crippen molar-refractivity contribution in [1.29, 1.82) is 0 Å². The van der Waals surface area contributed by atoms with Crippen LogP contribution >= 0.6 is 0 Å². The summed E-state index contributed by atoms with van der Waals surface area (Å²) in [5.41, 5.74) is 0.102. The lowest BCUT2D eigenvalue weighted by molar-refractivity contribution is -0.232. The summed E-state index contributed by atoms with van der Waals surface area (Å²) in [6, 6.07) is 0. The first-order valence-electron chi connectivity index (χ1n) is 13.4. The summed E-state index contributed by atoms with van der Waals surface area (Å²) < 4.78 is 0. The van der Waals surface area contributed by atoms with Crippen molar-refractivity contribution in [2.24, 2.45) is 45.3 Å². The van der Waals surface area contributed by atoms with E-state index in [4.69, 9.17) is 0 Å². The second-order valence-electron chi connectivity index (χ2n) is 13.9. The van der Waals surface area contributed by atoms with E-state index in [-0.39, 0.29) is 33.5 Å². The molecule has 0 aliphatic heterocycles. The van der Waals surface area contributed by atoms with Crippen molar-refractivity contribution in [2.45, 2.75) is 112 Å². The first kappa shape index (κ1) is 25.2. The second kappa shape index (κ2) is 7.79. The van der Waals surface area contributed by atoms with E-state index < -0.39 is 11.7 Å². The van der Waals surface area contributed by atoms with Crippen LogP contribution in [-0.2, 0) is 4.79 Å². The Morgan fingerprint density at radius 2 is 1.73 bits per heavy atom. The van der Waals surface area contributed by atoms with Gasteiger partial charge in [-0.2, -0.15) is 0 Å². The number of rotatable bonds is 4. The second-order valence-corrected chi connectivity index (χ2v) is 13.9. The molecule has 9 atom stereocenters. The summed E-state index contributed by atoms with van der Waals surface area (Å²) in [6.45, 7) is 19.6. The summed E-state index contributed by atoms with van der Waals surface area (Å²) in [5.74, 6) is 1.45. The molecule has 0 aromatic heterocycles. The molecular weight excluding hydrogens is 408 g/mol. The van der Waals surface area contributed by atoms with Crippen molar-refractivity contribution in [3.63, 3.8) is 0 Å². The Bertz CT molecular complexity index is 853. The van der Waals surface area contributed by atoms with Gasteiger partial charge >= 0.3 is 0 Å². The molecule has 0 bridgehead atoms. The third-order valence-electron chi connectivity index (χ3n) is 11.9. The van der Waals surface area contributed by atoms with Crippen molar-refractivity contribution in [1.82, 2.24) is 0 Å². The van der Waals surface area contributed by atoms with Crippen molar-refractivity contribution >= 4 is 5.78 Å². The highest BCUT2D eigenvalue weighted by Crippen LogP contribution is 2.75. The standard InChI is InChI=1S/C30H48O3/c1-19(2)10-9-14-30(8,33)20-11-16-29(7)25(20)21(31)18-23-27(5)15-13-24(32)26(3,4)22(27)12-17-28(23,29)6/h9-10,20-23,25,31,33H,1,11-18H2,2-8H3. The third-order valence-corrected chi connectivity index (χ3v) is 11.9. The Kier molecular flexibility index (Phi) is 5.94. The number of hydrogen-bond donors (Lipinski definition) is 2. The van der Waals surface area contributed by atoms with E-state index in [2.05, 4.69) is 41.2 Å². The van der Waals surface area contributed by atoms with Crippen LogP contribution in [0.3, 0.4) is 0 Å². The summed E-state index contributed by atoms with van der Waals surface area (Å²) in [6.07, 6.45) is 10.9. The Hall–Kier alpha value is -0.930. The molecular formula is C30H48O3. The zero-order valence-corrected chi connectivity index (χ0v) is 22.2. The number of fused-ring (bicyclic) bond motifs is 5. The number of carbonyl (C=O) groups is 1. The fourth-order valence-corrected chi connectivity index (χ4v) is 9.91. The number of allylic oxidation sites excluding steroid dienone is 2. The fraction of sp³-hybridized carbons (Fsp3) is 0.833. The molecule has 33 heavy (non-hydrogen) atoms. The predicted molar refractivity (Wildman–Crippen MR) is 135 cm³/mol. The molecule has 0 heterocycles. The minimum atomic E-state index is -0.834. The highest BCUT2D eigenvalue weighted by atomic mass is 16.3. The number of aliphatic hydroxyl groups is 2. The minimum Gasteiger partial charge on any atom is -0.393 e. The van der Waals surface area contributed by atoms with Gasteiger partial charge < -0.3 is 10.2 Å². The molecule has 3 nitrogen and oxygen atoms in total. The Morgan fingerprint density at radius 1 is 1.09 bits per heavy atom. The van der Waals surface area contributed by atoms with Gasteiger partial charge in [0.15, 0.2) is 0 Å². The lowest BCUT2D eigenvalue weighted by Crippen LogP contribution is -2.66. The topological polar surface area (TPSA) is 57.5 Å². The lowest BCUT2D eigenvalue weighted by atomic mass is 9.35. The molecule has 9 unspecified atom stereocenters. The van der Waals surface area contributed by atoms with Gasteiger partial charge in [-0.3, -0.25) is 4.79 Å². The fourth-order valence-electron chi connectivity index (χ4n) is 9.91. The quantitative estimate of drug-likeness (QED) is 0.476. The van der Waals surface area contributed by atoms with Crippen LogP contribution in [0, 0.1) is 45.3 Å². The highest BCUT2D eigenvalue weighted by molar-refractivity contribution is 5.85. The van der Waals surface area contributed by atoms with Crippen molar-refractivity contribution < 1.29 is 15.0 Å². The number of hydrogen-bond acceptors (Lipinski definition) is 3. The molecule has 2 N–H and O–H groups in total.